The summed E-state index contributed by atoms with van der Waals surface area (Å²) in [5.41, 5.74) is 0. The van der Waals surface area contributed by atoms with Crippen LogP contribution in [0.1, 0.15) is 19.8 Å². The second kappa shape index (κ2) is 22.6. The summed E-state index contributed by atoms with van der Waals surface area (Å²) < 4.78 is 4.87. The minimum absolute atomic E-state index is 0. The van der Waals surface area contributed by atoms with E-state index in [1.165, 1.54) is 35.8 Å². The summed E-state index contributed by atoms with van der Waals surface area (Å²) in [7, 11) is 0. The van der Waals surface area contributed by atoms with Crippen molar-refractivity contribution in [3.63, 3.8) is 0 Å². The van der Waals surface area contributed by atoms with Crippen LogP contribution in [-0.2, 0) is 3.07 Å². The molecule has 0 bridgehead atoms. The summed E-state index contributed by atoms with van der Waals surface area (Å²) in [5, 5.41) is 0. The molecule has 0 aliphatic carbocycles. The maximum Gasteiger partial charge on any atom is -0.147 e. The topological polar surface area (TPSA) is 9.23 Å². The van der Waals surface area contributed by atoms with Crippen LogP contribution in [0.5, 0.6) is 0 Å². The molecule has 0 aromatic carbocycles. The maximum absolute atomic E-state index is 4.87. The van der Waals surface area contributed by atoms with Crippen LogP contribution in [0.15, 0.2) is 0 Å². The van der Waals surface area contributed by atoms with E-state index in [1.54, 1.807) is 0 Å². The quantitative estimate of drug-likeness (QED) is 0.573. The normalized spacial score (nSPS) is 6.00. The van der Waals surface area contributed by atoms with Gasteiger partial charge < -0.3 is 0 Å². The van der Waals surface area contributed by atoms with E-state index in [-0.39, 0.29) is 37.2 Å². The second-order valence-corrected chi connectivity index (χ2v) is 2.03. The Kier molecular flexibility index (Phi) is 56.4. The largest absolute Gasteiger partial charge is 0.147 e. The Morgan fingerprint density at radius 2 is 1.67 bits per heavy atom. The van der Waals surface area contributed by atoms with Crippen LogP contribution in [0.3, 0.4) is 0 Å². The molecule has 5 heteroatoms. The fraction of sp³-hybridized carbons (Fsp3) is 1.00. The van der Waals surface area contributed by atoms with Gasteiger partial charge >= 0.3 is 52.4 Å². The average molecular weight is 301 g/mol. The van der Waals surface area contributed by atoms with Crippen molar-refractivity contribution in [3.8, 4) is 0 Å². The van der Waals surface area contributed by atoms with E-state index in [4.69, 9.17) is 3.07 Å². The number of hydrogen-bond donors (Lipinski definition) is 0. The van der Waals surface area contributed by atoms with Crippen molar-refractivity contribution in [2.75, 3.05) is 6.61 Å². The van der Waals surface area contributed by atoms with E-state index in [2.05, 4.69) is 6.92 Å². The first-order chi connectivity index (χ1) is 2.91. The molecule has 1 nitrogen and oxygen atoms in total. The summed E-state index contributed by atoms with van der Waals surface area (Å²) in [5.74, 6) is 0. The van der Waals surface area contributed by atoms with Crippen LogP contribution in [0.4, 0.5) is 0 Å². The standard InChI is InChI=1S/C4H9O.3ClH.Sn/c1-2-3-4-5;;;;/h2-4H2,1H3;3*1H;/q-1;;;;+1. The van der Waals surface area contributed by atoms with Crippen molar-refractivity contribution in [2.45, 2.75) is 19.8 Å². The van der Waals surface area contributed by atoms with Gasteiger partial charge in [0.2, 0.25) is 0 Å². The number of hydrogen-bond acceptors (Lipinski definition) is 1. The fourth-order valence-corrected chi connectivity index (χ4v) is 0.628. The van der Waals surface area contributed by atoms with Crippen LogP contribution in [-0.4, -0.2) is 29.5 Å². The molecule has 0 aromatic rings. The third-order valence-electron chi connectivity index (χ3n) is 0.600. The molecule has 0 spiro atoms. The van der Waals surface area contributed by atoms with E-state index in [9.17, 15) is 0 Å². The van der Waals surface area contributed by atoms with Gasteiger partial charge in [0, 0.05) is 0 Å². The molecular formula is C4H12Cl3OSn. The van der Waals surface area contributed by atoms with Crippen molar-refractivity contribution in [2.24, 2.45) is 0 Å². The van der Waals surface area contributed by atoms with Gasteiger partial charge in [0.25, 0.3) is 0 Å². The molecule has 0 aromatic heterocycles. The zero-order valence-corrected chi connectivity index (χ0v) is 10.6. The first-order valence-electron chi connectivity index (χ1n) is 2.20. The molecule has 0 saturated carbocycles. The minimum Gasteiger partial charge on any atom is -0.147 e. The fourth-order valence-electron chi connectivity index (χ4n) is 0.217. The summed E-state index contributed by atoms with van der Waals surface area (Å²) >= 11 is 1.19. The molecule has 0 amide bonds. The SMILES string of the molecule is CCCC[O][Sn].Cl.Cl.Cl. The molecule has 0 rings (SSSR count). The Morgan fingerprint density at radius 3 is 1.78 bits per heavy atom. The molecule has 0 saturated heterocycles. The van der Waals surface area contributed by atoms with E-state index in [0.29, 0.717) is 0 Å². The molecule has 0 unspecified atom stereocenters. The van der Waals surface area contributed by atoms with Crippen molar-refractivity contribution >= 4 is 60.2 Å². The van der Waals surface area contributed by atoms with Gasteiger partial charge in [0.1, 0.15) is 0 Å². The Balaban J connectivity index is -0.0000000417. The molecule has 9 heavy (non-hydrogen) atoms. The summed E-state index contributed by atoms with van der Waals surface area (Å²) in [6.07, 6.45) is 2.46. The minimum atomic E-state index is 0. The molecule has 0 fully saturated rings. The summed E-state index contributed by atoms with van der Waals surface area (Å²) in [4.78, 5) is 0. The third-order valence-corrected chi connectivity index (χ3v) is 1.18. The van der Waals surface area contributed by atoms with Crippen LogP contribution in [0.2, 0.25) is 0 Å². The predicted octanol–water partition coefficient (Wildman–Crippen LogP) is 2.15. The van der Waals surface area contributed by atoms with Crippen molar-refractivity contribution in [1.82, 2.24) is 0 Å². The molecule has 0 aliphatic heterocycles. The average Bonchev–Trinajstić information content (AvgIpc) is 1.61. The molecule has 0 heterocycles. The molecule has 3 radical (unpaired) electrons. The molecule has 0 aliphatic rings. The van der Waals surface area contributed by atoms with Crippen LogP contribution in [0.25, 0.3) is 0 Å². The Hall–Kier alpha value is 1.63. The van der Waals surface area contributed by atoms with Gasteiger partial charge in [-0.05, 0) is 0 Å². The van der Waals surface area contributed by atoms with Gasteiger partial charge in [-0.1, -0.05) is 0 Å². The Labute approximate surface area is 89.2 Å². The molecule has 59 valence electrons. The Bertz CT molecular complexity index is 27.8. The molecule has 0 atom stereocenters. The van der Waals surface area contributed by atoms with E-state index in [0.717, 1.165) is 6.61 Å². The van der Waals surface area contributed by atoms with E-state index < -0.39 is 0 Å². The van der Waals surface area contributed by atoms with Gasteiger partial charge in [0.05, 0.1) is 0 Å². The first-order valence-corrected chi connectivity index (χ1v) is 3.37. The summed E-state index contributed by atoms with van der Waals surface area (Å²) in [6, 6.07) is 0. The van der Waals surface area contributed by atoms with Crippen molar-refractivity contribution < 1.29 is 3.07 Å². The van der Waals surface area contributed by atoms with Crippen molar-refractivity contribution in [1.29, 1.82) is 0 Å². The van der Waals surface area contributed by atoms with Gasteiger partial charge in [-0.3, -0.25) is 0 Å². The summed E-state index contributed by atoms with van der Waals surface area (Å²) in [6.45, 7) is 3.12. The zero-order chi connectivity index (χ0) is 4.83. The molecule has 0 N–H and O–H groups in total. The van der Waals surface area contributed by atoms with Gasteiger partial charge in [0.15, 0.2) is 0 Å². The van der Waals surface area contributed by atoms with Crippen molar-refractivity contribution in [3.05, 3.63) is 0 Å². The van der Waals surface area contributed by atoms with Gasteiger partial charge in [-0.25, -0.2) is 0 Å². The molecular weight excluding hydrogens is 289 g/mol. The zero-order valence-electron chi connectivity index (χ0n) is 5.25. The second-order valence-electron chi connectivity index (χ2n) is 1.20. The van der Waals surface area contributed by atoms with E-state index in [1.807, 2.05) is 0 Å². The predicted molar refractivity (Wildman–Crippen MR) is 48.4 cm³/mol. The number of unbranched alkanes of at least 4 members (excludes halogenated alkanes) is 1. The first kappa shape index (κ1) is 22.4. The monoisotopic (exact) mass is 301 g/mol. The van der Waals surface area contributed by atoms with Crippen LogP contribution >= 0.6 is 37.2 Å². The number of halogens is 3. The third kappa shape index (κ3) is 26.2. The maximum atomic E-state index is 4.87. The Morgan fingerprint density at radius 1 is 1.22 bits per heavy atom. The number of rotatable bonds is 3. The van der Waals surface area contributed by atoms with Crippen LogP contribution < -0.4 is 0 Å². The van der Waals surface area contributed by atoms with Gasteiger partial charge in [-0.15, -0.1) is 37.2 Å². The van der Waals surface area contributed by atoms with Gasteiger partial charge in [-0.2, -0.15) is 0 Å². The van der Waals surface area contributed by atoms with E-state index >= 15 is 0 Å². The van der Waals surface area contributed by atoms with Crippen LogP contribution in [0, 0.1) is 0 Å². The smallest absolute Gasteiger partial charge is 0.147 e.